The highest BCUT2D eigenvalue weighted by Gasteiger charge is 2.35. The average molecular weight is 587 g/mol. The Labute approximate surface area is 233 Å². The Kier molecular flexibility index (Phi) is 8.51. The molecule has 0 aromatic carbocycles. The maximum absolute atomic E-state index is 13.6. The zero-order chi connectivity index (χ0) is 29.7. The Bertz CT molecular complexity index is 1630. The van der Waals surface area contributed by atoms with Gasteiger partial charge < -0.3 is 5.32 Å². The lowest BCUT2D eigenvalue weighted by atomic mass is 9.93. The van der Waals surface area contributed by atoms with E-state index in [9.17, 15) is 27.6 Å². The molecule has 17 heteroatoms. The molecule has 0 aliphatic rings. The summed E-state index contributed by atoms with van der Waals surface area (Å²) in [6.07, 6.45) is 1.71. The Morgan fingerprint density at radius 2 is 1.51 bits per heavy atom. The third kappa shape index (κ3) is 6.26. The molecule has 0 aliphatic carbocycles. The number of aromatic nitrogens is 4. The van der Waals surface area contributed by atoms with E-state index >= 15 is 0 Å². The second-order valence-corrected chi connectivity index (χ2v) is 9.02. The molecule has 0 spiro atoms. The lowest BCUT2D eigenvalue weighted by Crippen LogP contribution is -2.30. The van der Waals surface area contributed by atoms with E-state index in [1.165, 1.54) is 43.1 Å². The van der Waals surface area contributed by atoms with Crippen LogP contribution in [-0.4, -0.2) is 44.3 Å². The number of anilines is 1. The first-order valence-electron chi connectivity index (χ1n) is 11.6. The van der Waals surface area contributed by atoms with E-state index in [-0.39, 0.29) is 56.3 Å². The molecule has 4 heterocycles. The van der Waals surface area contributed by atoms with Crippen LogP contribution >= 0.6 is 11.3 Å². The van der Waals surface area contributed by atoms with Crippen LogP contribution in [0.25, 0.3) is 32.8 Å². The van der Waals surface area contributed by atoms with Gasteiger partial charge in [0, 0.05) is 70.7 Å². The number of nitrogens with zero attached hydrogens (tertiary/aromatic N) is 4. The highest BCUT2D eigenvalue weighted by atomic mass is 32.1. The maximum Gasteiger partial charge on any atom is 0.434 e. The molecule has 4 aromatic rings. The van der Waals surface area contributed by atoms with Crippen LogP contribution < -0.4 is 33.2 Å². The Balaban J connectivity index is 2.09. The van der Waals surface area contributed by atoms with E-state index in [1.807, 2.05) is 10.9 Å². The second kappa shape index (κ2) is 12.0. The minimum atomic E-state index is -4.74. The number of hydrogen-bond donors (Lipinski definition) is 6. The van der Waals surface area contributed by atoms with Crippen LogP contribution in [0, 0.1) is 0 Å². The predicted molar refractivity (Wildman–Crippen MR) is 143 cm³/mol. The van der Waals surface area contributed by atoms with E-state index < -0.39 is 29.7 Å². The normalized spacial score (nSPS) is 11.1. The number of rotatable bonds is 7. The van der Waals surface area contributed by atoms with Crippen molar-refractivity contribution in [1.29, 1.82) is 0 Å². The van der Waals surface area contributed by atoms with Gasteiger partial charge in [-0.15, -0.1) is 11.3 Å². The summed E-state index contributed by atoms with van der Waals surface area (Å²) in [5, 5.41) is 5.87. The maximum atomic E-state index is 13.6. The van der Waals surface area contributed by atoms with Crippen molar-refractivity contribution < 1.29 is 27.6 Å². The molecule has 0 radical (unpaired) electrons. The Morgan fingerprint density at radius 3 is 2.07 bits per heavy atom. The van der Waals surface area contributed by atoms with Gasteiger partial charge in [0.15, 0.2) is 5.69 Å². The van der Waals surface area contributed by atoms with Crippen molar-refractivity contribution in [3.8, 4) is 32.8 Å². The summed E-state index contributed by atoms with van der Waals surface area (Å²) in [6, 6.07) is 2.13. The average Bonchev–Trinajstić information content (AvgIpc) is 3.47. The smallest absolute Gasteiger partial charge is 0.338 e. The number of nitrogens with one attached hydrogen (secondary N) is 4. The zero-order valence-electron chi connectivity index (χ0n) is 21.0. The van der Waals surface area contributed by atoms with Crippen molar-refractivity contribution >= 4 is 35.0 Å². The minimum absolute atomic E-state index is 0.0173. The molecule has 8 N–H and O–H groups in total. The van der Waals surface area contributed by atoms with E-state index in [4.69, 9.17) is 11.7 Å². The van der Waals surface area contributed by atoms with Crippen LogP contribution in [0.4, 0.5) is 23.8 Å². The number of carbonyl (C=O) groups excluding carboxylic acids is 3. The molecule has 0 saturated heterocycles. The molecule has 0 bridgehead atoms. The molecular formula is C24H21F3N10O3S. The van der Waals surface area contributed by atoms with Crippen LogP contribution in [-0.2, 0) is 6.18 Å². The number of thiazole rings is 1. The monoisotopic (exact) mass is 586 g/mol. The van der Waals surface area contributed by atoms with Crippen LogP contribution in [0.3, 0.4) is 0 Å². The van der Waals surface area contributed by atoms with Crippen LogP contribution in [0.5, 0.6) is 0 Å². The van der Waals surface area contributed by atoms with Gasteiger partial charge >= 0.3 is 12.2 Å². The standard InChI is InChI=1S/C24H21F3N10O3S/c1-2-32-23(40)35-19-17(12-4-14(8-31-6-12)21(39)37-29)18(22-34-16(10-41-22)24(25,26)27)15(9-33-19)11-3-13(7-30-5-11)20(38)36-28/h3-10H,2,28-29H2,1H3,(H,36,38)(H,37,39)(H2,32,33,35,40). The number of pyridine rings is 3. The third-order valence-corrected chi connectivity index (χ3v) is 6.38. The Hall–Kier alpha value is -5.00. The van der Waals surface area contributed by atoms with Gasteiger partial charge in [0.2, 0.25) is 0 Å². The molecule has 4 rings (SSSR count). The fourth-order valence-corrected chi connectivity index (χ4v) is 4.63. The van der Waals surface area contributed by atoms with Gasteiger partial charge in [-0.05, 0) is 19.1 Å². The number of amides is 4. The lowest BCUT2D eigenvalue weighted by Gasteiger charge is -2.18. The lowest BCUT2D eigenvalue weighted by molar-refractivity contribution is -0.140. The van der Waals surface area contributed by atoms with E-state index in [2.05, 4.69) is 30.6 Å². The van der Waals surface area contributed by atoms with Crippen molar-refractivity contribution in [3.63, 3.8) is 0 Å². The molecular weight excluding hydrogens is 565 g/mol. The first-order valence-corrected chi connectivity index (χ1v) is 12.5. The minimum Gasteiger partial charge on any atom is -0.338 e. The van der Waals surface area contributed by atoms with Crippen LogP contribution in [0.1, 0.15) is 33.3 Å². The predicted octanol–water partition coefficient (Wildman–Crippen LogP) is 2.70. The fraction of sp³-hybridized carbons (Fsp3) is 0.125. The third-order valence-electron chi connectivity index (χ3n) is 5.52. The first-order chi connectivity index (χ1) is 19.6. The number of urea groups is 1. The molecule has 0 saturated carbocycles. The quantitative estimate of drug-likeness (QED) is 0.107. The zero-order valence-corrected chi connectivity index (χ0v) is 21.9. The Morgan fingerprint density at radius 1 is 0.902 bits per heavy atom. The van der Waals surface area contributed by atoms with Crippen molar-refractivity contribution in [3.05, 3.63) is 65.3 Å². The number of hydrazine groups is 2. The van der Waals surface area contributed by atoms with Gasteiger partial charge in [0.1, 0.15) is 10.8 Å². The molecule has 0 atom stereocenters. The summed E-state index contributed by atoms with van der Waals surface area (Å²) in [7, 11) is 0. The first kappa shape index (κ1) is 29.0. The van der Waals surface area contributed by atoms with Gasteiger partial charge in [0.25, 0.3) is 11.8 Å². The van der Waals surface area contributed by atoms with Crippen molar-refractivity contribution in [2.75, 3.05) is 11.9 Å². The van der Waals surface area contributed by atoms with E-state index in [0.29, 0.717) is 11.3 Å². The van der Waals surface area contributed by atoms with Crippen LogP contribution in [0.2, 0.25) is 0 Å². The van der Waals surface area contributed by atoms with Gasteiger partial charge in [-0.1, -0.05) is 0 Å². The number of alkyl halides is 3. The van der Waals surface area contributed by atoms with Gasteiger partial charge in [-0.3, -0.25) is 35.7 Å². The van der Waals surface area contributed by atoms with Crippen molar-refractivity contribution in [1.82, 2.24) is 36.1 Å². The summed E-state index contributed by atoms with van der Waals surface area (Å²) in [6.45, 7) is 1.95. The molecule has 13 nitrogen and oxygen atoms in total. The molecule has 0 aliphatic heterocycles. The number of nitrogens with two attached hydrogens (primary N) is 2. The molecule has 0 unspecified atom stereocenters. The highest BCUT2D eigenvalue weighted by Crippen LogP contribution is 2.45. The highest BCUT2D eigenvalue weighted by molar-refractivity contribution is 7.13. The fourth-order valence-electron chi connectivity index (χ4n) is 3.74. The summed E-state index contributed by atoms with van der Waals surface area (Å²) in [5.74, 6) is 9.08. The van der Waals surface area contributed by atoms with Gasteiger partial charge in [-0.2, -0.15) is 13.2 Å². The number of halogens is 3. The molecule has 41 heavy (non-hydrogen) atoms. The topological polar surface area (TPSA) is 203 Å². The van der Waals surface area contributed by atoms with Gasteiger partial charge in [0.05, 0.1) is 11.1 Å². The summed E-state index contributed by atoms with van der Waals surface area (Å²) < 4.78 is 40.8. The van der Waals surface area contributed by atoms with Crippen molar-refractivity contribution in [2.45, 2.75) is 13.1 Å². The second-order valence-electron chi connectivity index (χ2n) is 8.16. The number of carbonyl (C=O) groups is 3. The number of hydrogen-bond acceptors (Lipinski definition) is 10. The van der Waals surface area contributed by atoms with Gasteiger partial charge in [-0.25, -0.2) is 26.4 Å². The van der Waals surface area contributed by atoms with E-state index in [1.54, 1.807) is 6.92 Å². The molecule has 212 valence electrons. The van der Waals surface area contributed by atoms with Crippen LogP contribution in [0.15, 0.2) is 48.5 Å². The van der Waals surface area contributed by atoms with Crippen molar-refractivity contribution in [2.24, 2.45) is 11.7 Å². The largest absolute Gasteiger partial charge is 0.434 e. The molecule has 4 amide bonds. The SMILES string of the molecule is CCNC(=O)Nc1ncc(-c2cncc(C(=O)NN)c2)c(-c2nc(C(F)(F)F)cs2)c1-c1cncc(C(=O)NN)c1. The summed E-state index contributed by atoms with van der Waals surface area (Å²) >= 11 is 0.688. The molecule has 4 aromatic heterocycles. The molecule has 0 fully saturated rings. The van der Waals surface area contributed by atoms with E-state index in [0.717, 1.165) is 5.38 Å². The number of nitrogen functional groups attached to an aromatic ring is 2. The summed E-state index contributed by atoms with van der Waals surface area (Å²) in [5.41, 5.74) is 3.74. The summed E-state index contributed by atoms with van der Waals surface area (Å²) in [4.78, 5) is 53.3.